The van der Waals surface area contributed by atoms with Crippen LogP contribution in [0, 0.1) is 0 Å². The predicted molar refractivity (Wildman–Crippen MR) is 94.2 cm³/mol. The number of carbonyl (C=O) groups is 1. The number of aromatic nitrogens is 2. The fourth-order valence-corrected chi connectivity index (χ4v) is 2.68. The van der Waals surface area contributed by atoms with Crippen molar-refractivity contribution in [1.82, 2.24) is 9.97 Å². The molecule has 0 fully saturated rings. The van der Waals surface area contributed by atoms with Crippen LogP contribution in [0.1, 0.15) is 31.5 Å². The topological polar surface area (TPSA) is 57.8 Å². The molecule has 0 aliphatic rings. The summed E-state index contributed by atoms with van der Waals surface area (Å²) in [6, 6.07) is 12.2. The van der Waals surface area contributed by atoms with Crippen molar-refractivity contribution in [1.29, 1.82) is 0 Å². The van der Waals surface area contributed by atoms with E-state index in [2.05, 4.69) is 33.5 Å². The lowest BCUT2D eigenvalue weighted by Crippen LogP contribution is -2.09. The van der Waals surface area contributed by atoms with Crippen LogP contribution < -0.4 is 5.32 Å². The lowest BCUT2D eigenvalue weighted by Gasteiger charge is -2.11. The number of nitrogens with one attached hydrogen (secondary N) is 2. The first kappa shape index (κ1) is 15.0. The Bertz CT molecular complexity index is 863. The minimum Gasteiger partial charge on any atom is -0.351 e. The molecular weight excluding hydrogens is 286 g/mol. The number of allylic oxidation sites excluding steroid dienone is 1. The molecule has 0 saturated carbocycles. The van der Waals surface area contributed by atoms with Crippen LogP contribution in [0.3, 0.4) is 0 Å². The van der Waals surface area contributed by atoms with Crippen molar-refractivity contribution < 1.29 is 4.79 Å². The summed E-state index contributed by atoms with van der Waals surface area (Å²) >= 11 is 0. The molecule has 0 unspecified atom stereocenters. The van der Waals surface area contributed by atoms with Gasteiger partial charge in [0.25, 0.3) is 0 Å². The zero-order chi connectivity index (χ0) is 16.2. The molecule has 0 saturated heterocycles. The highest BCUT2D eigenvalue weighted by atomic mass is 16.1. The van der Waals surface area contributed by atoms with Crippen molar-refractivity contribution in [2.45, 2.75) is 20.3 Å². The van der Waals surface area contributed by atoms with Crippen LogP contribution in [0.5, 0.6) is 0 Å². The lowest BCUT2D eigenvalue weighted by atomic mass is 9.96. The minimum atomic E-state index is 0.0142. The average molecular weight is 305 g/mol. The van der Waals surface area contributed by atoms with Gasteiger partial charge in [-0.2, -0.15) is 0 Å². The van der Waals surface area contributed by atoms with Crippen molar-refractivity contribution in [3.8, 4) is 0 Å². The number of carbonyl (C=O) groups excluding carboxylic acids is 1. The van der Waals surface area contributed by atoms with Crippen LogP contribution in [-0.4, -0.2) is 15.9 Å². The first-order chi connectivity index (χ1) is 11.2. The van der Waals surface area contributed by atoms with Gasteiger partial charge in [-0.15, -0.1) is 0 Å². The number of hydrogen-bond acceptors (Lipinski definition) is 2. The van der Waals surface area contributed by atoms with Gasteiger partial charge in [0.15, 0.2) is 0 Å². The minimum absolute atomic E-state index is 0.0142. The Morgan fingerprint density at radius 2 is 2.17 bits per heavy atom. The molecule has 4 nitrogen and oxygen atoms in total. The zero-order valence-electron chi connectivity index (χ0n) is 13.3. The SMILES string of the molecule is C/C=C(\c1c[nH]cn1)c1cccc2ccc(NC(=O)CC)cc12. The number of nitrogens with zero attached hydrogens (tertiary/aromatic N) is 1. The number of aromatic amines is 1. The van der Waals surface area contributed by atoms with Gasteiger partial charge >= 0.3 is 0 Å². The Morgan fingerprint density at radius 1 is 1.30 bits per heavy atom. The Hall–Kier alpha value is -2.88. The molecule has 0 atom stereocenters. The predicted octanol–water partition coefficient (Wildman–Crippen LogP) is 4.36. The summed E-state index contributed by atoms with van der Waals surface area (Å²) in [6.45, 7) is 3.85. The standard InChI is InChI=1S/C19H19N3O/c1-3-15(18-11-20-12-21-18)16-7-5-6-13-8-9-14(10-17(13)16)22-19(23)4-2/h3,5-12H,4H2,1-2H3,(H,20,21)(H,22,23)/b15-3-. The van der Waals surface area contributed by atoms with E-state index >= 15 is 0 Å². The van der Waals surface area contributed by atoms with E-state index in [4.69, 9.17) is 0 Å². The number of imidazole rings is 1. The summed E-state index contributed by atoms with van der Waals surface area (Å²) in [5.74, 6) is 0.0142. The fourth-order valence-electron chi connectivity index (χ4n) is 2.68. The number of amides is 1. The Morgan fingerprint density at radius 3 is 2.87 bits per heavy atom. The third-order valence-corrected chi connectivity index (χ3v) is 3.84. The molecule has 116 valence electrons. The van der Waals surface area contributed by atoms with Gasteiger partial charge in [-0.25, -0.2) is 4.98 Å². The summed E-state index contributed by atoms with van der Waals surface area (Å²) in [5, 5.41) is 5.15. The molecule has 3 aromatic rings. The van der Waals surface area contributed by atoms with Gasteiger partial charge in [-0.3, -0.25) is 4.79 Å². The van der Waals surface area contributed by atoms with E-state index in [0.717, 1.165) is 33.3 Å². The molecule has 1 amide bonds. The van der Waals surface area contributed by atoms with E-state index in [-0.39, 0.29) is 5.91 Å². The van der Waals surface area contributed by atoms with E-state index in [1.165, 1.54) is 0 Å². The van der Waals surface area contributed by atoms with Crippen molar-refractivity contribution >= 4 is 27.9 Å². The second-order valence-corrected chi connectivity index (χ2v) is 5.30. The van der Waals surface area contributed by atoms with Gasteiger partial charge in [-0.05, 0) is 35.4 Å². The summed E-state index contributed by atoms with van der Waals surface area (Å²) in [4.78, 5) is 19.0. The summed E-state index contributed by atoms with van der Waals surface area (Å²) in [5.41, 5.74) is 3.89. The lowest BCUT2D eigenvalue weighted by molar-refractivity contribution is -0.115. The maximum atomic E-state index is 11.6. The number of benzene rings is 2. The monoisotopic (exact) mass is 305 g/mol. The quantitative estimate of drug-likeness (QED) is 0.752. The summed E-state index contributed by atoms with van der Waals surface area (Å²) in [7, 11) is 0. The van der Waals surface area contributed by atoms with Gasteiger partial charge in [0.1, 0.15) is 0 Å². The van der Waals surface area contributed by atoms with Crippen LogP contribution in [-0.2, 0) is 4.79 Å². The maximum Gasteiger partial charge on any atom is 0.224 e. The molecule has 1 aromatic heterocycles. The third kappa shape index (κ3) is 3.01. The normalized spacial score (nSPS) is 11.7. The van der Waals surface area contributed by atoms with E-state index in [0.29, 0.717) is 6.42 Å². The van der Waals surface area contributed by atoms with Crippen LogP contribution in [0.2, 0.25) is 0 Å². The van der Waals surface area contributed by atoms with Gasteiger partial charge in [-0.1, -0.05) is 37.3 Å². The van der Waals surface area contributed by atoms with Gasteiger partial charge in [0.05, 0.1) is 12.0 Å². The van der Waals surface area contributed by atoms with Crippen molar-refractivity contribution in [2.24, 2.45) is 0 Å². The molecule has 2 N–H and O–H groups in total. The number of fused-ring (bicyclic) bond motifs is 1. The van der Waals surface area contributed by atoms with Gasteiger partial charge in [0, 0.05) is 23.9 Å². The summed E-state index contributed by atoms with van der Waals surface area (Å²) < 4.78 is 0. The Labute approximate surface area is 135 Å². The second-order valence-electron chi connectivity index (χ2n) is 5.30. The zero-order valence-corrected chi connectivity index (χ0v) is 13.3. The van der Waals surface area contributed by atoms with Crippen LogP contribution in [0.15, 0.2) is 55.0 Å². The molecule has 23 heavy (non-hydrogen) atoms. The fraction of sp³-hybridized carbons (Fsp3) is 0.158. The van der Waals surface area contributed by atoms with E-state index < -0.39 is 0 Å². The highest BCUT2D eigenvalue weighted by molar-refractivity contribution is 6.00. The van der Waals surface area contributed by atoms with Crippen molar-refractivity contribution in [3.63, 3.8) is 0 Å². The molecule has 0 spiro atoms. The molecule has 0 aliphatic carbocycles. The number of anilines is 1. The molecule has 1 heterocycles. The molecule has 0 aliphatic heterocycles. The molecular formula is C19H19N3O. The van der Waals surface area contributed by atoms with Crippen LogP contribution in [0.25, 0.3) is 16.3 Å². The maximum absolute atomic E-state index is 11.6. The van der Waals surface area contributed by atoms with E-state index in [9.17, 15) is 4.79 Å². The summed E-state index contributed by atoms with van der Waals surface area (Å²) in [6.07, 6.45) is 6.09. The van der Waals surface area contributed by atoms with E-state index in [1.54, 1.807) is 6.33 Å². The van der Waals surface area contributed by atoms with Crippen LogP contribution in [0.4, 0.5) is 5.69 Å². The molecule has 3 rings (SSSR count). The van der Waals surface area contributed by atoms with Gasteiger partial charge < -0.3 is 10.3 Å². The largest absolute Gasteiger partial charge is 0.351 e. The van der Waals surface area contributed by atoms with Crippen LogP contribution >= 0.6 is 0 Å². The van der Waals surface area contributed by atoms with Crippen molar-refractivity contribution in [2.75, 3.05) is 5.32 Å². The van der Waals surface area contributed by atoms with E-state index in [1.807, 2.05) is 44.3 Å². The first-order valence-corrected chi connectivity index (χ1v) is 7.71. The Kier molecular flexibility index (Phi) is 4.24. The number of rotatable bonds is 4. The highest BCUT2D eigenvalue weighted by Gasteiger charge is 2.10. The average Bonchev–Trinajstić information content (AvgIpc) is 3.10. The second kappa shape index (κ2) is 6.48. The van der Waals surface area contributed by atoms with Gasteiger partial charge in [0.2, 0.25) is 5.91 Å². The molecule has 0 radical (unpaired) electrons. The number of hydrogen-bond donors (Lipinski definition) is 2. The highest BCUT2D eigenvalue weighted by Crippen LogP contribution is 2.30. The van der Waals surface area contributed by atoms with Crippen molar-refractivity contribution in [3.05, 3.63) is 66.3 Å². The molecule has 2 aromatic carbocycles. The molecule has 0 bridgehead atoms. The third-order valence-electron chi connectivity index (χ3n) is 3.84. The number of H-pyrrole nitrogens is 1. The smallest absolute Gasteiger partial charge is 0.224 e. The first-order valence-electron chi connectivity index (χ1n) is 7.71. The molecule has 4 heteroatoms. The Balaban J connectivity index is 2.13.